The minimum absolute atomic E-state index is 0.0234. The number of nitrogens with zero attached hydrogens (tertiary/aromatic N) is 2. The van der Waals surface area contributed by atoms with Gasteiger partial charge < -0.3 is 10.1 Å². The van der Waals surface area contributed by atoms with Gasteiger partial charge in [-0.05, 0) is 30.9 Å². The summed E-state index contributed by atoms with van der Waals surface area (Å²) in [4.78, 5) is 15.9. The Morgan fingerprint density at radius 3 is 2.68 bits per heavy atom. The molecule has 1 fully saturated rings. The number of nitrogens with one attached hydrogen (secondary N) is 1. The molecule has 0 aromatic carbocycles. The number of amides is 1. The quantitative estimate of drug-likeness (QED) is 0.766. The number of carbonyl (C=O) groups excluding carboxylic acids is 1. The molecule has 7 nitrogen and oxygen atoms in total. The smallest absolute Gasteiger partial charge is 0.391 e. The fourth-order valence-corrected chi connectivity index (χ4v) is 4.10. The van der Waals surface area contributed by atoms with Crippen molar-refractivity contribution in [2.75, 3.05) is 18.8 Å². The number of hydrogen-bond donors (Lipinski definition) is 1. The number of halogens is 3. The summed E-state index contributed by atoms with van der Waals surface area (Å²) in [7, 11) is -3.98. The first kappa shape index (κ1) is 20.6. The van der Waals surface area contributed by atoms with Crippen LogP contribution in [0, 0.1) is 0 Å². The number of alkyl halides is 3. The molecule has 0 atom stereocenters. The van der Waals surface area contributed by atoms with Gasteiger partial charge >= 0.3 is 12.3 Å². The van der Waals surface area contributed by atoms with E-state index < -0.39 is 34.5 Å². The zero-order valence-electron chi connectivity index (χ0n) is 14.9. The lowest BCUT2D eigenvalue weighted by Gasteiger charge is -2.26. The molecule has 0 unspecified atom stereocenters. The summed E-state index contributed by atoms with van der Waals surface area (Å²) >= 11 is 0. The molecule has 11 heteroatoms. The molecule has 1 aliphatic heterocycles. The van der Waals surface area contributed by atoms with Gasteiger partial charge in [-0.2, -0.15) is 17.5 Å². The maximum absolute atomic E-state index is 12.3. The van der Waals surface area contributed by atoms with E-state index in [-0.39, 0.29) is 25.0 Å². The van der Waals surface area contributed by atoms with Crippen LogP contribution in [0.25, 0.3) is 5.57 Å². The Morgan fingerprint density at radius 2 is 2.07 bits per heavy atom. The normalized spacial score (nSPS) is 18.5. The fraction of sp³-hybridized carbons (Fsp3) is 0.529. The lowest BCUT2D eigenvalue weighted by atomic mass is 10.1. The highest BCUT2D eigenvalue weighted by Gasteiger charge is 2.33. The van der Waals surface area contributed by atoms with Crippen LogP contribution in [0.1, 0.15) is 31.4 Å². The molecule has 1 saturated carbocycles. The van der Waals surface area contributed by atoms with Crippen molar-refractivity contribution in [3.63, 3.8) is 0 Å². The number of rotatable bonds is 6. The maximum atomic E-state index is 12.3. The Morgan fingerprint density at radius 1 is 1.32 bits per heavy atom. The van der Waals surface area contributed by atoms with Crippen LogP contribution >= 0.6 is 0 Å². The molecule has 3 rings (SSSR count). The molecule has 0 bridgehead atoms. The van der Waals surface area contributed by atoms with Crippen molar-refractivity contribution in [2.45, 2.75) is 37.9 Å². The van der Waals surface area contributed by atoms with Crippen LogP contribution in [0.2, 0.25) is 0 Å². The summed E-state index contributed by atoms with van der Waals surface area (Å²) in [6, 6.07) is 5.05. The van der Waals surface area contributed by atoms with E-state index in [1.807, 2.05) is 0 Å². The third-order valence-electron chi connectivity index (χ3n) is 4.36. The lowest BCUT2D eigenvalue weighted by Crippen LogP contribution is -2.37. The Bertz CT molecular complexity index is 867. The van der Waals surface area contributed by atoms with E-state index >= 15 is 0 Å². The molecule has 0 spiro atoms. The molecule has 0 saturated heterocycles. The van der Waals surface area contributed by atoms with E-state index in [2.05, 4.69) is 10.3 Å². The van der Waals surface area contributed by atoms with Gasteiger partial charge in [0.2, 0.25) is 15.9 Å². The van der Waals surface area contributed by atoms with Crippen molar-refractivity contribution in [3.8, 4) is 5.88 Å². The zero-order valence-corrected chi connectivity index (χ0v) is 15.7. The maximum Gasteiger partial charge on any atom is 0.414 e. The number of ether oxygens (including phenoxy) is 1. The van der Waals surface area contributed by atoms with Gasteiger partial charge in [0.1, 0.15) is 0 Å². The van der Waals surface area contributed by atoms with E-state index in [9.17, 15) is 26.4 Å². The molecular weight excluding hydrogens is 399 g/mol. The first-order valence-electron chi connectivity index (χ1n) is 8.82. The van der Waals surface area contributed by atoms with Crippen LogP contribution < -0.4 is 10.1 Å². The van der Waals surface area contributed by atoms with Gasteiger partial charge in [-0.15, -0.1) is 0 Å². The van der Waals surface area contributed by atoms with Gasteiger partial charge in [-0.1, -0.05) is 12.1 Å². The van der Waals surface area contributed by atoms with E-state index in [1.165, 1.54) is 6.07 Å². The lowest BCUT2D eigenvalue weighted by molar-refractivity contribution is -0.130. The van der Waals surface area contributed by atoms with Gasteiger partial charge in [0.25, 0.3) is 0 Å². The summed E-state index contributed by atoms with van der Waals surface area (Å²) in [5.74, 6) is -0.839. The Balaban J connectivity index is 1.61. The summed E-state index contributed by atoms with van der Waals surface area (Å²) in [6.45, 7) is 0.0470. The second-order valence-electron chi connectivity index (χ2n) is 6.69. The van der Waals surface area contributed by atoms with Crippen LogP contribution in [-0.4, -0.2) is 54.9 Å². The average Bonchev–Trinajstić information content (AvgIpc) is 3.44. The van der Waals surface area contributed by atoms with Crippen molar-refractivity contribution in [2.24, 2.45) is 0 Å². The highest BCUT2D eigenvalue weighted by atomic mass is 32.2. The molecule has 1 aliphatic carbocycles. The minimum atomic E-state index is -4.51. The first-order valence-corrected chi connectivity index (χ1v) is 10.4. The van der Waals surface area contributed by atoms with Gasteiger partial charge in [-0.3, -0.25) is 0 Å². The molecule has 1 aromatic heterocycles. The standard InChI is InChI=1S/C17H20F3N3O4S/c18-17(19,20)8-11-28(25,26)23-9-6-12(7-10-23)14-2-1-3-15(22-14)27-16(24)21-13-4-5-13/h1-3,6,13H,4-5,7-11H2,(H,21,24). The number of aromatic nitrogens is 1. The fourth-order valence-electron chi connectivity index (χ4n) is 2.68. The van der Waals surface area contributed by atoms with E-state index in [1.54, 1.807) is 18.2 Å². The summed E-state index contributed by atoms with van der Waals surface area (Å²) < 4.78 is 67.2. The van der Waals surface area contributed by atoms with Crippen LogP contribution in [0.4, 0.5) is 18.0 Å². The number of sulfonamides is 1. The monoisotopic (exact) mass is 419 g/mol. The molecule has 154 valence electrons. The Kier molecular flexibility index (Phi) is 5.94. The Labute approximate surface area is 160 Å². The van der Waals surface area contributed by atoms with Gasteiger partial charge in [0.15, 0.2) is 0 Å². The van der Waals surface area contributed by atoms with Crippen molar-refractivity contribution in [1.29, 1.82) is 0 Å². The second kappa shape index (κ2) is 8.08. The highest BCUT2D eigenvalue weighted by Crippen LogP contribution is 2.26. The Hall–Kier alpha value is -2.14. The van der Waals surface area contributed by atoms with Gasteiger partial charge in [0, 0.05) is 25.2 Å². The highest BCUT2D eigenvalue weighted by molar-refractivity contribution is 7.89. The second-order valence-corrected chi connectivity index (χ2v) is 8.78. The van der Waals surface area contributed by atoms with Gasteiger partial charge in [-0.25, -0.2) is 18.2 Å². The van der Waals surface area contributed by atoms with E-state index in [4.69, 9.17) is 4.74 Å². The predicted molar refractivity (Wildman–Crippen MR) is 95.0 cm³/mol. The van der Waals surface area contributed by atoms with Crippen LogP contribution in [0.3, 0.4) is 0 Å². The third-order valence-corrected chi connectivity index (χ3v) is 6.20. The van der Waals surface area contributed by atoms with Gasteiger partial charge in [0.05, 0.1) is 17.9 Å². The number of hydrogen-bond acceptors (Lipinski definition) is 5. The SMILES string of the molecule is O=C(NC1CC1)Oc1cccc(C2=CCN(S(=O)(=O)CCC(F)(F)F)CC2)n1. The van der Waals surface area contributed by atoms with Crippen molar-refractivity contribution >= 4 is 21.7 Å². The largest absolute Gasteiger partial charge is 0.414 e. The molecule has 2 heterocycles. The third kappa shape index (κ3) is 5.93. The molecule has 1 amide bonds. The van der Waals surface area contributed by atoms with Crippen molar-refractivity contribution < 1.29 is 31.1 Å². The number of carbonyl (C=O) groups is 1. The zero-order chi connectivity index (χ0) is 20.4. The predicted octanol–water partition coefficient (Wildman–Crippen LogP) is 2.70. The molecule has 0 radical (unpaired) electrons. The molecule has 1 aromatic rings. The number of pyridine rings is 1. The molecule has 2 aliphatic rings. The van der Waals surface area contributed by atoms with Crippen LogP contribution in [0.15, 0.2) is 24.3 Å². The molecule has 28 heavy (non-hydrogen) atoms. The summed E-state index contributed by atoms with van der Waals surface area (Å²) in [5.41, 5.74) is 1.28. The minimum Gasteiger partial charge on any atom is -0.391 e. The van der Waals surface area contributed by atoms with E-state index in [0.29, 0.717) is 12.1 Å². The molecule has 1 N–H and O–H groups in total. The molecular formula is C17H20F3N3O4S. The van der Waals surface area contributed by atoms with E-state index in [0.717, 1.165) is 22.7 Å². The summed E-state index contributed by atoms with van der Waals surface area (Å²) in [6.07, 6.45) is -2.69. The topological polar surface area (TPSA) is 88.6 Å². The van der Waals surface area contributed by atoms with Crippen LogP contribution in [0.5, 0.6) is 5.88 Å². The van der Waals surface area contributed by atoms with Crippen molar-refractivity contribution in [3.05, 3.63) is 30.0 Å². The average molecular weight is 419 g/mol. The first-order chi connectivity index (χ1) is 13.1. The van der Waals surface area contributed by atoms with Crippen LogP contribution in [-0.2, 0) is 10.0 Å². The van der Waals surface area contributed by atoms with Crippen molar-refractivity contribution in [1.82, 2.24) is 14.6 Å². The summed E-state index contributed by atoms with van der Waals surface area (Å²) in [5, 5.41) is 2.68.